The summed E-state index contributed by atoms with van der Waals surface area (Å²) in [7, 11) is 0. The highest BCUT2D eigenvalue weighted by Crippen LogP contribution is 2.22. The monoisotopic (exact) mass is 658 g/mol. The summed E-state index contributed by atoms with van der Waals surface area (Å²) in [6, 6.07) is -0.795. The molecule has 9 heteroatoms. The van der Waals surface area contributed by atoms with Crippen LogP contribution < -0.4 is 5.32 Å². The zero-order valence-electron chi connectivity index (χ0n) is 29.3. The van der Waals surface area contributed by atoms with E-state index in [1.165, 1.54) is 103 Å². The minimum atomic E-state index is -1.56. The van der Waals surface area contributed by atoms with Gasteiger partial charge in [-0.2, -0.15) is 0 Å². The third kappa shape index (κ3) is 20.3. The van der Waals surface area contributed by atoms with Gasteiger partial charge in [-0.3, -0.25) is 4.79 Å². The normalized spacial score (nSPS) is 23.2. The zero-order valence-corrected chi connectivity index (χ0v) is 29.3. The van der Waals surface area contributed by atoms with Crippen molar-refractivity contribution in [3.63, 3.8) is 0 Å². The van der Waals surface area contributed by atoms with Crippen LogP contribution in [0.5, 0.6) is 0 Å². The lowest BCUT2D eigenvalue weighted by Gasteiger charge is -2.40. The van der Waals surface area contributed by atoms with Gasteiger partial charge in [-0.1, -0.05) is 148 Å². The lowest BCUT2D eigenvalue weighted by atomic mass is 9.99. The van der Waals surface area contributed by atoms with E-state index in [1.54, 1.807) is 6.08 Å². The van der Waals surface area contributed by atoms with E-state index < -0.39 is 49.5 Å². The van der Waals surface area contributed by atoms with Crippen LogP contribution >= 0.6 is 0 Å². The number of aliphatic hydroxyl groups excluding tert-OH is 5. The number of unbranched alkanes of at least 4 members (excludes halogenated alkanes) is 20. The first kappa shape index (κ1) is 43.0. The molecule has 0 saturated carbocycles. The van der Waals surface area contributed by atoms with Crippen molar-refractivity contribution in [2.75, 3.05) is 13.2 Å². The highest BCUT2D eigenvalue weighted by Gasteiger charge is 2.44. The van der Waals surface area contributed by atoms with Gasteiger partial charge < -0.3 is 40.3 Å². The van der Waals surface area contributed by atoms with Gasteiger partial charge in [0.05, 0.1) is 25.4 Å². The molecule has 1 aliphatic rings. The summed E-state index contributed by atoms with van der Waals surface area (Å²) in [6.07, 6.45) is 22.6. The second kappa shape index (κ2) is 28.9. The molecule has 1 rings (SSSR count). The molecule has 1 fully saturated rings. The van der Waals surface area contributed by atoms with Gasteiger partial charge in [-0.25, -0.2) is 0 Å². The van der Waals surface area contributed by atoms with Gasteiger partial charge in [0.15, 0.2) is 6.29 Å². The molecule has 0 aromatic carbocycles. The van der Waals surface area contributed by atoms with Gasteiger partial charge >= 0.3 is 0 Å². The van der Waals surface area contributed by atoms with Crippen molar-refractivity contribution in [2.24, 2.45) is 0 Å². The second-order valence-electron chi connectivity index (χ2n) is 13.4. The number of hydrogen-bond acceptors (Lipinski definition) is 8. The summed E-state index contributed by atoms with van der Waals surface area (Å²) in [5.74, 6) is -0.180. The Morgan fingerprint density at radius 3 is 1.70 bits per heavy atom. The highest BCUT2D eigenvalue weighted by atomic mass is 16.7. The molecule has 0 aliphatic carbocycles. The summed E-state index contributed by atoms with van der Waals surface area (Å²) in [6.45, 7) is 3.72. The maximum atomic E-state index is 12.8. The summed E-state index contributed by atoms with van der Waals surface area (Å²) in [4.78, 5) is 12.8. The Balaban J connectivity index is 2.43. The zero-order chi connectivity index (χ0) is 33.8. The van der Waals surface area contributed by atoms with Crippen LogP contribution in [-0.4, -0.2) is 87.5 Å². The van der Waals surface area contributed by atoms with E-state index in [4.69, 9.17) is 9.47 Å². The molecule has 7 atom stereocenters. The molecule has 1 saturated heterocycles. The first-order valence-electron chi connectivity index (χ1n) is 18.9. The third-order valence-corrected chi connectivity index (χ3v) is 9.11. The molecule has 0 spiro atoms. The molecular formula is C37H71NO8. The fraction of sp³-hybridized carbons (Fsp3) is 0.919. The molecule has 6 N–H and O–H groups in total. The van der Waals surface area contributed by atoms with Crippen molar-refractivity contribution < 1.29 is 39.8 Å². The number of allylic oxidation sites excluding steroid dienone is 1. The van der Waals surface area contributed by atoms with Gasteiger partial charge in [-0.15, -0.1) is 0 Å². The Bertz CT molecular complexity index is 736. The summed E-state index contributed by atoms with van der Waals surface area (Å²) in [5.41, 5.74) is 0. The molecule has 0 bridgehead atoms. The van der Waals surface area contributed by atoms with Gasteiger partial charge in [-0.05, 0) is 19.3 Å². The SMILES string of the molecule is CCCCCCCCC/C=C/[C@@H](O)[C@H](CO[C@@H]1O[C@H](CO)[C@@H](O)C(O)C1O)NC(=O)CCCCCCCCCCCCCCCC. The van der Waals surface area contributed by atoms with Crippen molar-refractivity contribution in [2.45, 2.75) is 204 Å². The molecule has 1 aliphatic heterocycles. The Morgan fingerprint density at radius 1 is 0.717 bits per heavy atom. The lowest BCUT2D eigenvalue weighted by molar-refractivity contribution is -0.302. The number of amides is 1. The van der Waals surface area contributed by atoms with Gasteiger partial charge in [0, 0.05) is 6.42 Å². The molecule has 2 unspecified atom stereocenters. The molecule has 0 aromatic heterocycles. The molecule has 0 radical (unpaired) electrons. The van der Waals surface area contributed by atoms with E-state index in [0.29, 0.717) is 6.42 Å². The number of hydrogen-bond donors (Lipinski definition) is 6. The number of aliphatic hydroxyl groups is 5. The van der Waals surface area contributed by atoms with Crippen LogP contribution in [0.2, 0.25) is 0 Å². The second-order valence-corrected chi connectivity index (χ2v) is 13.4. The number of carbonyl (C=O) groups excluding carboxylic acids is 1. The van der Waals surface area contributed by atoms with Crippen LogP contribution in [-0.2, 0) is 14.3 Å². The minimum Gasteiger partial charge on any atom is -0.394 e. The van der Waals surface area contributed by atoms with Gasteiger partial charge in [0.1, 0.15) is 24.4 Å². The van der Waals surface area contributed by atoms with Crippen LogP contribution in [0.15, 0.2) is 12.2 Å². The first-order chi connectivity index (χ1) is 22.3. The molecule has 1 heterocycles. The van der Waals surface area contributed by atoms with Crippen molar-refractivity contribution in [3.05, 3.63) is 12.2 Å². The predicted octanol–water partition coefficient (Wildman–Crippen LogP) is 6.22. The molecule has 46 heavy (non-hydrogen) atoms. The van der Waals surface area contributed by atoms with E-state index >= 15 is 0 Å². The van der Waals surface area contributed by atoms with E-state index in [-0.39, 0.29) is 12.5 Å². The smallest absolute Gasteiger partial charge is 0.220 e. The Morgan fingerprint density at radius 2 is 1.20 bits per heavy atom. The quantitative estimate of drug-likeness (QED) is 0.0394. The van der Waals surface area contributed by atoms with Crippen molar-refractivity contribution in [1.82, 2.24) is 5.32 Å². The molecule has 9 nitrogen and oxygen atoms in total. The minimum absolute atomic E-state index is 0.180. The maximum Gasteiger partial charge on any atom is 0.220 e. The number of ether oxygens (including phenoxy) is 2. The standard InChI is InChI=1S/C37H71NO8/c1-3-5-7-9-11-13-14-15-16-17-19-21-23-25-27-33(41)38-30(31(40)26-24-22-20-18-12-10-8-6-4-2)29-45-37-36(44)35(43)34(42)32(28-39)46-37/h24,26,30-32,34-37,39-40,42-44H,3-23,25,27-29H2,1-2H3,(H,38,41)/b26-24+/t30-,31+,32+,34+,35?,36?,37+/m0/s1. The Labute approximate surface area is 280 Å². The summed E-state index contributed by atoms with van der Waals surface area (Å²) >= 11 is 0. The van der Waals surface area contributed by atoms with Crippen LogP contribution in [0.1, 0.15) is 162 Å². The Hall–Kier alpha value is -1.07. The van der Waals surface area contributed by atoms with Crippen LogP contribution in [0.25, 0.3) is 0 Å². The number of carbonyl (C=O) groups is 1. The van der Waals surface area contributed by atoms with Crippen LogP contribution in [0, 0.1) is 0 Å². The molecule has 1 amide bonds. The van der Waals surface area contributed by atoms with Crippen LogP contribution in [0.3, 0.4) is 0 Å². The fourth-order valence-electron chi connectivity index (χ4n) is 5.98. The largest absolute Gasteiger partial charge is 0.394 e. The van der Waals surface area contributed by atoms with Crippen molar-refractivity contribution in [1.29, 1.82) is 0 Å². The topological polar surface area (TPSA) is 149 Å². The maximum absolute atomic E-state index is 12.8. The third-order valence-electron chi connectivity index (χ3n) is 9.11. The van der Waals surface area contributed by atoms with Crippen molar-refractivity contribution >= 4 is 5.91 Å². The first-order valence-corrected chi connectivity index (χ1v) is 18.9. The van der Waals surface area contributed by atoms with E-state index in [0.717, 1.165) is 38.5 Å². The summed E-state index contributed by atoms with van der Waals surface area (Å²) in [5, 5.41) is 53.7. The fourth-order valence-corrected chi connectivity index (χ4v) is 5.98. The van der Waals surface area contributed by atoms with E-state index in [9.17, 15) is 30.3 Å². The average Bonchev–Trinajstić information content (AvgIpc) is 3.05. The van der Waals surface area contributed by atoms with E-state index in [2.05, 4.69) is 19.2 Å². The highest BCUT2D eigenvalue weighted by molar-refractivity contribution is 5.76. The van der Waals surface area contributed by atoms with Gasteiger partial charge in [0.25, 0.3) is 0 Å². The number of rotatable bonds is 30. The van der Waals surface area contributed by atoms with Crippen LogP contribution in [0.4, 0.5) is 0 Å². The molecular weight excluding hydrogens is 586 g/mol. The van der Waals surface area contributed by atoms with Crippen molar-refractivity contribution in [3.8, 4) is 0 Å². The average molecular weight is 658 g/mol. The number of nitrogens with one attached hydrogen (secondary N) is 1. The lowest BCUT2D eigenvalue weighted by Crippen LogP contribution is -2.60. The van der Waals surface area contributed by atoms with E-state index in [1.807, 2.05) is 6.08 Å². The molecule has 272 valence electrons. The molecule has 0 aromatic rings. The Kier molecular flexibility index (Phi) is 27.0. The predicted molar refractivity (Wildman–Crippen MR) is 184 cm³/mol. The summed E-state index contributed by atoms with van der Waals surface area (Å²) < 4.78 is 11.1. The van der Waals surface area contributed by atoms with Gasteiger partial charge in [0.2, 0.25) is 5.91 Å².